The number of hydrogen-bond acceptors (Lipinski definition) is 8. The van der Waals surface area contributed by atoms with E-state index in [2.05, 4.69) is 13.8 Å². The number of carbonyl (C=O) groups excluding carboxylic acids is 4. The smallest absolute Gasteiger partial charge is 0.347 e. The van der Waals surface area contributed by atoms with Crippen LogP contribution in [0.25, 0.3) is 0 Å². The summed E-state index contributed by atoms with van der Waals surface area (Å²) in [6, 6.07) is 0. The van der Waals surface area contributed by atoms with Crippen molar-refractivity contribution >= 4 is 23.9 Å². The first-order valence-electron chi connectivity index (χ1n) is 15.9. The van der Waals surface area contributed by atoms with E-state index in [0.717, 1.165) is 77.0 Å². The van der Waals surface area contributed by atoms with Crippen LogP contribution >= 0.6 is 0 Å². The molecule has 0 saturated carbocycles. The summed E-state index contributed by atoms with van der Waals surface area (Å²) < 4.78 is 21.2. The molecule has 0 aromatic heterocycles. The highest BCUT2D eigenvalue weighted by Crippen LogP contribution is 2.13. The lowest BCUT2D eigenvalue weighted by molar-refractivity contribution is -0.170. The Morgan fingerprint density at radius 2 is 0.775 bits per heavy atom. The second-order valence-corrected chi connectivity index (χ2v) is 11.1. The Kier molecular flexibility index (Phi) is 23.4. The van der Waals surface area contributed by atoms with Gasteiger partial charge in [-0.2, -0.15) is 0 Å². The van der Waals surface area contributed by atoms with E-state index in [1.54, 1.807) is 13.8 Å². The van der Waals surface area contributed by atoms with Crippen LogP contribution in [-0.4, -0.2) is 48.3 Å². The number of carbonyl (C=O) groups is 4. The maximum absolute atomic E-state index is 12.1. The molecule has 0 rings (SSSR count). The third kappa shape index (κ3) is 21.7. The van der Waals surface area contributed by atoms with Crippen molar-refractivity contribution in [3.05, 3.63) is 0 Å². The molecule has 0 radical (unpaired) electrons. The zero-order valence-corrected chi connectivity index (χ0v) is 26.3. The molecule has 8 heteroatoms. The number of hydrogen-bond donors (Lipinski definition) is 0. The number of unbranched alkanes of at least 4 members (excludes halogenated alkanes) is 11. The third-order valence-electron chi connectivity index (χ3n) is 6.86. The molecule has 0 bridgehead atoms. The van der Waals surface area contributed by atoms with Crippen molar-refractivity contribution in [2.45, 2.75) is 182 Å². The predicted octanol–water partition coefficient (Wildman–Crippen LogP) is 7.77. The predicted molar refractivity (Wildman–Crippen MR) is 157 cm³/mol. The highest BCUT2D eigenvalue weighted by atomic mass is 16.6. The van der Waals surface area contributed by atoms with Gasteiger partial charge in [0.05, 0.1) is 12.2 Å². The Labute approximate surface area is 243 Å². The van der Waals surface area contributed by atoms with Gasteiger partial charge in [-0.1, -0.05) is 78.1 Å². The SMILES string of the molecule is CCCCCCC(C)OC(=O)C(C)OC(=O)CCCCCCCCC(=O)OC(C)C(=O)OC(C)CCCCCC. The van der Waals surface area contributed by atoms with Gasteiger partial charge in [-0.25, -0.2) is 9.59 Å². The van der Waals surface area contributed by atoms with Gasteiger partial charge in [-0.15, -0.1) is 0 Å². The van der Waals surface area contributed by atoms with Crippen molar-refractivity contribution in [3.63, 3.8) is 0 Å². The molecule has 0 fully saturated rings. The zero-order chi connectivity index (χ0) is 30.2. The number of rotatable bonds is 25. The summed E-state index contributed by atoms with van der Waals surface area (Å²) in [6.45, 7) is 11.2. The molecular formula is C32H58O8. The standard InChI is InChI=1S/C32H58O8/c1-7-9-11-17-21-25(3)37-31(35)27(5)39-29(33)23-19-15-13-14-16-20-24-30(34)40-28(6)32(36)38-26(4)22-18-12-10-8-2/h25-28H,7-24H2,1-6H3. The monoisotopic (exact) mass is 570 g/mol. The first-order chi connectivity index (χ1) is 19.1. The quantitative estimate of drug-likeness (QED) is 0.0622. The van der Waals surface area contributed by atoms with E-state index in [0.29, 0.717) is 12.8 Å². The summed E-state index contributed by atoms with van der Waals surface area (Å²) in [5.41, 5.74) is 0. The first kappa shape index (κ1) is 37.9. The Bertz CT molecular complexity index is 634. The van der Waals surface area contributed by atoms with Gasteiger partial charge in [0.1, 0.15) is 0 Å². The van der Waals surface area contributed by atoms with Crippen molar-refractivity contribution in [2.24, 2.45) is 0 Å². The molecule has 0 amide bonds. The van der Waals surface area contributed by atoms with E-state index in [-0.39, 0.29) is 37.0 Å². The summed E-state index contributed by atoms with van der Waals surface area (Å²) >= 11 is 0. The van der Waals surface area contributed by atoms with Crippen LogP contribution in [0.4, 0.5) is 0 Å². The Morgan fingerprint density at radius 3 is 1.12 bits per heavy atom. The van der Waals surface area contributed by atoms with Gasteiger partial charge in [0.25, 0.3) is 0 Å². The lowest BCUT2D eigenvalue weighted by Gasteiger charge is -2.17. The second-order valence-electron chi connectivity index (χ2n) is 11.1. The molecular weight excluding hydrogens is 512 g/mol. The molecule has 0 aromatic carbocycles. The van der Waals surface area contributed by atoms with Gasteiger partial charge in [0.2, 0.25) is 0 Å². The van der Waals surface area contributed by atoms with Gasteiger partial charge in [-0.05, 0) is 66.2 Å². The number of esters is 4. The normalized spacial score (nSPS) is 14.1. The highest BCUT2D eigenvalue weighted by Gasteiger charge is 2.22. The van der Waals surface area contributed by atoms with Crippen molar-refractivity contribution in [3.8, 4) is 0 Å². The van der Waals surface area contributed by atoms with Crippen LogP contribution < -0.4 is 0 Å². The van der Waals surface area contributed by atoms with Gasteiger partial charge in [-0.3, -0.25) is 9.59 Å². The zero-order valence-electron chi connectivity index (χ0n) is 26.3. The molecule has 0 heterocycles. The minimum absolute atomic E-state index is 0.175. The van der Waals surface area contributed by atoms with Crippen molar-refractivity contribution in [1.29, 1.82) is 0 Å². The van der Waals surface area contributed by atoms with Gasteiger partial charge in [0, 0.05) is 12.8 Å². The fraction of sp³-hybridized carbons (Fsp3) is 0.875. The van der Waals surface area contributed by atoms with Crippen LogP contribution in [0.2, 0.25) is 0 Å². The van der Waals surface area contributed by atoms with Gasteiger partial charge < -0.3 is 18.9 Å². The molecule has 234 valence electrons. The highest BCUT2D eigenvalue weighted by molar-refractivity contribution is 5.79. The van der Waals surface area contributed by atoms with E-state index < -0.39 is 24.1 Å². The summed E-state index contributed by atoms with van der Waals surface area (Å²) in [5.74, 6) is -1.76. The summed E-state index contributed by atoms with van der Waals surface area (Å²) in [7, 11) is 0. The Morgan fingerprint density at radius 1 is 0.450 bits per heavy atom. The first-order valence-corrected chi connectivity index (χ1v) is 15.9. The second kappa shape index (κ2) is 24.7. The van der Waals surface area contributed by atoms with E-state index >= 15 is 0 Å². The minimum Gasteiger partial charge on any atom is -0.460 e. The minimum atomic E-state index is -0.895. The summed E-state index contributed by atoms with van der Waals surface area (Å²) in [5, 5.41) is 0. The third-order valence-corrected chi connectivity index (χ3v) is 6.86. The van der Waals surface area contributed by atoms with Crippen LogP contribution in [0, 0.1) is 0 Å². The van der Waals surface area contributed by atoms with Crippen molar-refractivity contribution in [1.82, 2.24) is 0 Å². The Balaban J connectivity index is 3.83. The van der Waals surface area contributed by atoms with E-state index in [1.807, 2.05) is 13.8 Å². The molecule has 0 aromatic rings. The summed E-state index contributed by atoms with van der Waals surface area (Å²) in [6.07, 6.45) is 14.0. The molecule has 4 atom stereocenters. The van der Waals surface area contributed by atoms with E-state index in [4.69, 9.17) is 18.9 Å². The largest absolute Gasteiger partial charge is 0.460 e. The topological polar surface area (TPSA) is 105 Å². The Hall–Kier alpha value is -2.12. The fourth-order valence-corrected chi connectivity index (χ4v) is 4.28. The average molecular weight is 571 g/mol. The van der Waals surface area contributed by atoms with E-state index in [9.17, 15) is 19.2 Å². The maximum Gasteiger partial charge on any atom is 0.347 e. The molecule has 0 N–H and O–H groups in total. The van der Waals surface area contributed by atoms with Crippen molar-refractivity contribution in [2.75, 3.05) is 0 Å². The molecule has 0 spiro atoms. The molecule has 0 aliphatic heterocycles. The lowest BCUT2D eigenvalue weighted by atomic mass is 10.1. The van der Waals surface area contributed by atoms with Crippen LogP contribution in [-0.2, 0) is 38.1 Å². The number of ether oxygens (including phenoxy) is 4. The molecule has 8 nitrogen and oxygen atoms in total. The van der Waals surface area contributed by atoms with Crippen LogP contribution in [0.1, 0.15) is 157 Å². The molecule has 0 aliphatic rings. The molecule has 4 unspecified atom stereocenters. The van der Waals surface area contributed by atoms with Crippen LogP contribution in [0.15, 0.2) is 0 Å². The van der Waals surface area contributed by atoms with Gasteiger partial charge in [0.15, 0.2) is 12.2 Å². The molecule has 0 saturated heterocycles. The molecule has 40 heavy (non-hydrogen) atoms. The fourth-order valence-electron chi connectivity index (χ4n) is 4.28. The van der Waals surface area contributed by atoms with Crippen molar-refractivity contribution < 1.29 is 38.1 Å². The van der Waals surface area contributed by atoms with Crippen LogP contribution in [0.5, 0.6) is 0 Å². The summed E-state index contributed by atoms with van der Waals surface area (Å²) in [4.78, 5) is 48.4. The van der Waals surface area contributed by atoms with Gasteiger partial charge >= 0.3 is 23.9 Å². The maximum atomic E-state index is 12.1. The van der Waals surface area contributed by atoms with E-state index in [1.165, 1.54) is 12.8 Å². The van der Waals surface area contributed by atoms with Crippen LogP contribution in [0.3, 0.4) is 0 Å². The lowest BCUT2D eigenvalue weighted by Crippen LogP contribution is -2.29. The molecule has 0 aliphatic carbocycles. The average Bonchev–Trinajstić information content (AvgIpc) is 2.90.